The van der Waals surface area contributed by atoms with E-state index < -0.39 is 0 Å². The molecule has 1 unspecified atom stereocenters. The number of hydrogen-bond donors (Lipinski definition) is 1. The smallest absolute Gasteiger partial charge is 0.193 e. The molecule has 1 heterocycles. The first-order valence-electron chi connectivity index (χ1n) is 10.8. The van der Waals surface area contributed by atoms with E-state index in [1.54, 1.807) is 33.4 Å². The summed E-state index contributed by atoms with van der Waals surface area (Å²) in [7, 11) is 7.03. The number of halogens is 2. The highest BCUT2D eigenvalue weighted by atomic mass is 127. The van der Waals surface area contributed by atoms with Crippen molar-refractivity contribution in [3.8, 4) is 11.5 Å². The van der Waals surface area contributed by atoms with Crippen LogP contribution in [0, 0.1) is 5.82 Å². The van der Waals surface area contributed by atoms with Crippen LogP contribution in [0.4, 0.5) is 4.39 Å². The summed E-state index contributed by atoms with van der Waals surface area (Å²) < 4.78 is 29.7. The van der Waals surface area contributed by atoms with Gasteiger partial charge in [0.1, 0.15) is 5.82 Å². The molecular formula is C24H34FIN4O3. The fourth-order valence-electron chi connectivity index (χ4n) is 3.92. The number of morpholine rings is 1. The standard InChI is InChI=1S/C24H33FN4O3.HI/c1-26-24(28(2)17-18-5-8-20(25)9-6-18)27-16-21(29-11-13-32-14-12-29)19-7-10-22(30-3)23(15-19)31-4;/h5-10,15,21H,11-14,16-17H2,1-4H3,(H,26,27);1H. The van der Waals surface area contributed by atoms with Crippen molar-refractivity contribution >= 4 is 29.9 Å². The van der Waals surface area contributed by atoms with Crippen molar-refractivity contribution in [3.05, 3.63) is 59.4 Å². The van der Waals surface area contributed by atoms with Gasteiger partial charge in [-0.3, -0.25) is 9.89 Å². The van der Waals surface area contributed by atoms with Crippen molar-refractivity contribution in [1.82, 2.24) is 15.1 Å². The maximum Gasteiger partial charge on any atom is 0.193 e. The number of nitrogens with one attached hydrogen (secondary N) is 1. The fourth-order valence-corrected chi connectivity index (χ4v) is 3.92. The third-order valence-corrected chi connectivity index (χ3v) is 5.64. The monoisotopic (exact) mass is 572 g/mol. The molecule has 0 bridgehead atoms. The van der Waals surface area contributed by atoms with Gasteiger partial charge in [0.25, 0.3) is 0 Å². The molecule has 1 fully saturated rings. The van der Waals surface area contributed by atoms with Crippen molar-refractivity contribution in [2.24, 2.45) is 4.99 Å². The van der Waals surface area contributed by atoms with Crippen molar-refractivity contribution in [1.29, 1.82) is 0 Å². The lowest BCUT2D eigenvalue weighted by Gasteiger charge is -2.36. The summed E-state index contributed by atoms with van der Waals surface area (Å²) in [4.78, 5) is 8.88. The van der Waals surface area contributed by atoms with Gasteiger partial charge in [-0.05, 0) is 35.4 Å². The van der Waals surface area contributed by atoms with E-state index in [1.165, 1.54) is 12.1 Å². The van der Waals surface area contributed by atoms with Crippen molar-refractivity contribution in [2.75, 3.05) is 61.2 Å². The average Bonchev–Trinajstić information content (AvgIpc) is 2.83. The Morgan fingerprint density at radius 3 is 2.39 bits per heavy atom. The fraction of sp³-hybridized carbons (Fsp3) is 0.458. The third-order valence-electron chi connectivity index (χ3n) is 5.64. The Morgan fingerprint density at radius 2 is 1.79 bits per heavy atom. The van der Waals surface area contributed by atoms with Crippen molar-refractivity contribution in [2.45, 2.75) is 12.6 Å². The van der Waals surface area contributed by atoms with E-state index in [-0.39, 0.29) is 35.8 Å². The van der Waals surface area contributed by atoms with Crippen LogP contribution in [0.3, 0.4) is 0 Å². The lowest BCUT2D eigenvalue weighted by Crippen LogP contribution is -2.46. The van der Waals surface area contributed by atoms with Crippen LogP contribution in [0.2, 0.25) is 0 Å². The highest BCUT2D eigenvalue weighted by molar-refractivity contribution is 14.0. The molecule has 0 amide bonds. The quantitative estimate of drug-likeness (QED) is 0.297. The predicted octanol–water partition coefficient (Wildman–Crippen LogP) is 3.54. The van der Waals surface area contributed by atoms with Gasteiger partial charge in [0.15, 0.2) is 17.5 Å². The Balaban J connectivity index is 0.00000385. The van der Waals surface area contributed by atoms with Crippen LogP contribution in [0.15, 0.2) is 47.5 Å². The summed E-state index contributed by atoms with van der Waals surface area (Å²) in [6, 6.07) is 12.7. The summed E-state index contributed by atoms with van der Waals surface area (Å²) in [6.45, 7) is 4.41. The van der Waals surface area contributed by atoms with E-state index in [1.807, 2.05) is 24.1 Å². The van der Waals surface area contributed by atoms with Gasteiger partial charge in [0.05, 0.1) is 33.5 Å². The van der Waals surface area contributed by atoms with Gasteiger partial charge < -0.3 is 24.4 Å². The summed E-state index contributed by atoms with van der Waals surface area (Å²) >= 11 is 0. The maximum absolute atomic E-state index is 13.2. The largest absolute Gasteiger partial charge is 0.493 e. The van der Waals surface area contributed by atoms with E-state index in [4.69, 9.17) is 14.2 Å². The van der Waals surface area contributed by atoms with E-state index in [0.717, 1.165) is 30.2 Å². The second-order valence-corrected chi connectivity index (χ2v) is 7.69. The number of methoxy groups -OCH3 is 2. The Labute approximate surface area is 212 Å². The van der Waals surface area contributed by atoms with Crippen molar-refractivity contribution in [3.63, 3.8) is 0 Å². The van der Waals surface area contributed by atoms with Gasteiger partial charge in [0, 0.05) is 40.3 Å². The summed E-state index contributed by atoms with van der Waals surface area (Å²) in [5.74, 6) is 1.95. The minimum absolute atomic E-state index is 0. The van der Waals surface area contributed by atoms with Crippen LogP contribution in [0.5, 0.6) is 11.5 Å². The van der Waals surface area contributed by atoms with Crippen LogP contribution in [-0.4, -0.2) is 76.9 Å². The number of guanidine groups is 1. The normalized spacial score (nSPS) is 15.4. The molecule has 1 saturated heterocycles. The van der Waals surface area contributed by atoms with Crippen LogP contribution in [-0.2, 0) is 11.3 Å². The molecule has 33 heavy (non-hydrogen) atoms. The molecule has 0 spiro atoms. The zero-order chi connectivity index (χ0) is 22.9. The molecule has 7 nitrogen and oxygen atoms in total. The molecule has 0 radical (unpaired) electrons. The molecule has 3 rings (SSSR count). The molecule has 1 aliphatic heterocycles. The van der Waals surface area contributed by atoms with Crippen molar-refractivity contribution < 1.29 is 18.6 Å². The molecule has 2 aromatic rings. The number of hydrogen-bond acceptors (Lipinski definition) is 5. The Morgan fingerprint density at radius 1 is 1.12 bits per heavy atom. The number of nitrogens with zero attached hydrogens (tertiary/aromatic N) is 3. The molecule has 182 valence electrons. The highest BCUT2D eigenvalue weighted by Crippen LogP contribution is 2.32. The number of benzene rings is 2. The first kappa shape index (κ1) is 27.1. The van der Waals surface area contributed by atoms with E-state index in [9.17, 15) is 4.39 Å². The minimum atomic E-state index is -0.234. The average molecular weight is 572 g/mol. The van der Waals surface area contributed by atoms with E-state index >= 15 is 0 Å². The van der Waals surface area contributed by atoms with Crippen LogP contribution >= 0.6 is 24.0 Å². The zero-order valence-electron chi connectivity index (χ0n) is 19.7. The molecule has 0 aromatic heterocycles. The second-order valence-electron chi connectivity index (χ2n) is 7.69. The molecule has 1 N–H and O–H groups in total. The maximum atomic E-state index is 13.2. The van der Waals surface area contributed by atoms with Crippen LogP contribution in [0.1, 0.15) is 17.2 Å². The summed E-state index contributed by atoms with van der Waals surface area (Å²) in [5, 5.41) is 3.51. The second kappa shape index (κ2) is 13.6. The number of aliphatic imine (C=N–C) groups is 1. The van der Waals surface area contributed by atoms with Gasteiger partial charge in [-0.15, -0.1) is 24.0 Å². The topological polar surface area (TPSA) is 58.6 Å². The highest BCUT2D eigenvalue weighted by Gasteiger charge is 2.24. The molecule has 0 saturated carbocycles. The van der Waals surface area contributed by atoms with Gasteiger partial charge in [-0.1, -0.05) is 18.2 Å². The molecule has 1 atom stereocenters. The zero-order valence-corrected chi connectivity index (χ0v) is 22.0. The van der Waals surface area contributed by atoms with Gasteiger partial charge in [-0.2, -0.15) is 0 Å². The van der Waals surface area contributed by atoms with E-state index in [0.29, 0.717) is 37.8 Å². The molecule has 1 aliphatic rings. The molecule has 0 aliphatic carbocycles. The number of ether oxygens (including phenoxy) is 3. The predicted molar refractivity (Wildman–Crippen MR) is 139 cm³/mol. The first-order chi connectivity index (χ1) is 15.5. The minimum Gasteiger partial charge on any atom is -0.493 e. The first-order valence-corrected chi connectivity index (χ1v) is 10.8. The van der Waals surface area contributed by atoms with Crippen LogP contribution < -0.4 is 14.8 Å². The lowest BCUT2D eigenvalue weighted by atomic mass is 10.0. The van der Waals surface area contributed by atoms with E-state index in [2.05, 4.69) is 21.3 Å². The van der Waals surface area contributed by atoms with Gasteiger partial charge in [-0.25, -0.2) is 4.39 Å². The lowest BCUT2D eigenvalue weighted by molar-refractivity contribution is 0.0168. The third kappa shape index (κ3) is 7.44. The summed E-state index contributed by atoms with van der Waals surface area (Å²) in [6.07, 6.45) is 0. The Kier molecular flexibility index (Phi) is 11.2. The molecule has 9 heteroatoms. The molecule has 2 aromatic carbocycles. The SMILES string of the molecule is CN=C(NCC(c1ccc(OC)c(OC)c1)N1CCOCC1)N(C)Cc1ccc(F)cc1.I. The van der Waals surface area contributed by atoms with Gasteiger partial charge in [0.2, 0.25) is 0 Å². The Bertz CT molecular complexity index is 892. The molecular weight excluding hydrogens is 538 g/mol. The number of rotatable bonds is 8. The Hall–Kier alpha value is -2.11. The summed E-state index contributed by atoms with van der Waals surface area (Å²) in [5.41, 5.74) is 2.15. The van der Waals surface area contributed by atoms with Crippen LogP contribution in [0.25, 0.3) is 0 Å². The van der Waals surface area contributed by atoms with Gasteiger partial charge >= 0.3 is 0 Å².